The van der Waals surface area contributed by atoms with Crippen molar-refractivity contribution in [3.05, 3.63) is 70.9 Å². The first-order valence-corrected chi connectivity index (χ1v) is 8.09. The van der Waals surface area contributed by atoms with Gasteiger partial charge in [-0.05, 0) is 59.4 Å². The molecule has 1 unspecified atom stereocenters. The van der Waals surface area contributed by atoms with Gasteiger partial charge >= 0.3 is 0 Å². The first-order valence-electron chi connectivity index (χ1n) is 7.71. The van der Waals surface area contributed by atoms with Crippen molar-refractivity contribution in [3.63, 3.8) is 0 Å². The highest BCUT2D eigenvalue weighted by Gasteiger charge is 2.37. The summed E-state index contributed by atoms with van der Waals surface area (Å²) in [5.41, 5.74) is 8.07. The molecule has 1 nitrogen and oxygen atoms in total. The molecule has 1 heterocycles. The van der Waals surface area contributed by atoms with Crippen LogP contribution in [0.5, 0.6) is 0 Å². The number of fused-ring (bicyclic) bond motifs is 5. The van der Waals surface area contributed by atoms with E-state index in [1.165, 1.54) is 46.1 Å². The van der Waals surface area contributed by atoms with Crippen molar-refractivity contribution < 1.29 is 0 Å². The zero-order chi connectivity index (χ0) is 14.7. The molecule has 0 radical (unpaired) electrons. The van der Waals surface area contributed by atoms with Gasteiger partial charge < -0.3 is 0 Å². The lowest BCUT2D eigenvalue weighted by Gasteiger charge is -2.33. The lowest BCUT2D eigenvalue weighted by Crippen LogP contribution is -2.15. The smallest absolute Gasteiger partial charge is 0.0783 e. The monoisotopic (exact) mass is 303 g/mol. The summed E-state index contributed by atoms with van der Waals surface area (Å²) in [4.78, 5) is 4.68. The lowest BCUT2D eigenvalue weighted by atomic mass is 9.70. The van der Waals surface area contributed by atoms with Gasteiger partial charge in [-0.1, -0.05) is 35.9 Å². The van der Waals surface area contributed by atoms with Gasteiger partial charge in [-0.2, -0.15) is 0 Å². The fourth-order valence-electron chi connectivity index (χ4n) is 3.97. The van der Waals surface area contributed by atoms with Crippen molar-refractivity contribution in [2.75, 3.05) is 0 Å². The summed E-state index contributed by atoms with van der Waals surface area (Å²) in [6.07, 6.45) is 6.72. The number of hydrogen-bond donors (Lipinski definition) is 0. The molecule has 2 aliphatic rings. The number of halogens is 1. The number of allylic oxidation sites excluding steroid dienone is 2. The van der Waals surface area contributed by atoms with E-state index in [0.717, 1.165) is 10.5 Å². The molecule has 5 rings (SSSR count). The van der Waals surface area contributed by atoms with Crippen molar-refractivity contribution >= 4 is 28.1 Å². The summed E-state index contributed by atoms with van der Waals surface area (Å²) in [6, 6.07) is 14.6. The third-order valence-corrected chi connectivity index (χ3v) is 5.17. The van der Waals surface area contributed by atoms with Gasteiger partial charge in [-0.15, -0.1) is 0 Å². The van der Waals surface area contributed by atoms with Crippen LogP contribution in [0, 0.1) is 0 Å². The number of benzene rings is 2. The zero-order valence-electron chi connectivity index (χ0n) is 12.0. The molecule has 0 saturated carbocycles. The van der Waals surface area contributed by atoms with Gasteiger partial charge in [0.2, 0.25) is 0 Å². The molecule has 0 saturated heterocycles. The maximum atomic E-state index is 6.07. The Labute approximate surface area is 134 Å². The van der Waals surface area contributed by atoms with Crippen molar-refractivity contribution in [1.82, 2.24) is 4.98 Å². The molecule has 2 aliphatic carbocycles. The van der Waals surface area contributed by atoms with Gasteiger partial charge in [0.1, 0.15) is 0 Å². The van der Waals surface area contributed by atoms with Crippen LogP contribution in [0.1, 0.15) is 29.9 Å². The van der Waals surface area contributed by atoms with Crippen LogP contribution in [0.15, 0.2) is 54.7 Å². The van der Waals surface area contributed by atoms with E-state index in [0.29, 0.717) is 5.92 Å². The molecule has 0 fully saturated rings. The summed E-state index contributed by atoms with van der Waals surface area (Å²) >= 11 is 6.07. The second kappa shape index (κ2) is 4.44. The molecule has 0 spiro atoms. The Balaban J connectivity index is 1.88. The molecule has 0 aliphatic heterocycles. The minimum absolute atomic E-state index is 0.604. The molecule has 0 bridgehead atoms. The molecule has 3 aromatic rings. The maximum absolute atomic E-state index is 6.07. The average molecular weight is 304 g/mol. The van der Waals surface area contributed by atoms with E-state index < -0.39 is 0 Å². The van der Waals surface area contributed by atoms with Crippen molar-refractivity contribution in [3.8, 4) is 11.1 Å². The highest BCUT2D eigenvalue weighted by atomic mass is 35.5. The summed E-state index contributed by atoms with van der Waals surface area (Å²) < 4.78 is 0. The zero-order valence-corrected chi connectivity index (χ0v) is 12.8. The number of pyridine rings is 1. The number of rotatable bonds is 1. The van der Waals surface area contributed by atoms with Crippen LogP contribution >= 0.6 is 11.6 Å². The van der Waals surface area contributed by atoms with E-state index in [4.69, 9.17) is 11.6 Å². The Kier molecular flexibility index (Phi) is 2.51. The van der Waals surface area contributed by atoms with Crippen LogP contribution in [-0.4, -0.2) is 4.98 Å². The molecule has 2 aromatic carbocycles. The first kappa shape index (κ1) is 12.4. The summed E-state index contributed by atoms with van der Waals surface area (Å²) in [5, 5.41) is 2.00. The van der Waals surface area contributed by atoms with Crippen LogP contribution in [0.3, 0.4) is 0 Å². The largest absolute Gasteiger partial charge is 0.256 e. The Hall–Kier alpha value is -2.12. The van der Waals surface area contributed by atoms with Gasteiger partial charge in [-0.25, -0.2) is 0 Å². The number of hydrogen-bond acceptors (Lipinski definition) is 1. The summed E-state index contributed by atoms with van der Waals surface area (Å²) in [7, 11) is 0. The molecular weight excluding hydrogens is 290 g/mol. The van der Waals surface area contributed by atoms with Crippen LogP contribution in [0.25, 0.3) is 27.6 Å². The second-order valence-corrected chi connectivity index (χ2v) is 6.52. The summed E-state index contributed by atoms with van der Waals surface area (Å²) in [5.74, 6) is 0.604. The first-order chi connectivity index (χ1) is 10.8. The van der Waals surface area contributed by atoms with E-state index in [-0.39, 0.29) is 0 Å². The van der Waals surface area contributed by atoms with Crippen LogP contribution in [0.4, 0.5) is 0 Å². The molecule has 22 heavy (non-hydrogen) atoms. The molecule has 106 valence electrons. The molecule has 0 amide bonds. The third kappa shape index (κ3) is 1.57. The number of nitrogens with zero attached hydrogens (tertiary/aromatic N) is 1. The average Bonchev–Trinajstić information content (AvgIpc) is 2.96. The predicted octanol–water partition coefficient (Wildman–Crippen LogP) is 5.83. The van der Waals surface area contributed by atoms with Crippen LogP contribution in [-0.2, 0) is 0 Å². The quantitative estimate of drug-likeness (QED) is 0.551. The topological polar surface area (TPSA) is 12.9 Å². The van der Waals surface area contributed by atoms with E-state index in [9.17, 15) is 0 Å². The molecule has 0 N–H and O–H groups in total. The molecule has 1 atom stereocenters. The van der Waals surface area contributed by atoms with Gasteiger partial charge in [0.25, 0.3) is 0 Å². The highest BCUT2D eigenvalue weighted by Crippen LogP contribution is 2.57. The van der Waals surface area contributed by atoms with Gasteiger partial charge in [0.05, 0.1) is 5.52 Å². The van der Waals surface area contributed by atoms with E-state index >= 15 is 0 Å². The Morgan fingerprint density at radius 2 is 1.95 bits per heavy atom. The van der Waals surface area contributed by atoms with Gasteiger partial charge in [0.15, 0.2) is 0 Å². The lowest BCUT2D eigenvalue weighted by molar-refractivity contribution is 0.781. The van der Waals surface area contributed by atoms with Crippen LogP contribution in [0.2, 0.25) is 5.02 Å². The second-order valence-electron chi connectivity index (χ2n) is 6.08. The highest BCUT2D eigenvalue weighted by molar-refractivity contribution is 6.30. The Morgan fingerprint density at radius 3 is 2.82 bits per heavy atom. The molecular formula is C20H14ClN. The Bertz CT molecular complexity index is 938. The Morgan fingerprint density at radius 1 is 1.09 bits per heavy atom. The van der Waals surface area contributed by atoms with Crippen molar-refractivity contribution in [2.24, 2.45) is 0 Å². The fraction of sp³-hybridized carbons (Fsp3) is 0.150. The van der Waals surface area contributed by atoms with E-state index in [2.05, 4.69) is 35.3 Å². The normalized spacial score (nSPS) is 18.6. The minimum atomic E-state index is 0.604. The van der Waals surface area contributed by atoms with E-state index in [1.807, 2.05) is 24.4 Å². The van der Waals surface area contributed by atoms with E-state index in [1.54, 1.807) is 0 Å². The van der Waals surface area contributed by atoms with Crippen molar-refractivity contribution in [2.45, 2.75) is 18.8 Å². The van der Waals surface area contributed by atoms with Gasteiger partial charge in [-0.3, -0.25) is 4.98 Å². The van der Waals surface area contributed by atoms with Crippen LogP contribution < -0.4 is 0 Å². The molecule has 1 aromatic heterocycles. The van der Waals surface area contributed by atoms with Gasteiger partial charge in [0, 0.05) is 28.1 Å². The third-order valence-electron chi connectivity index (χ3n) is 4.92. The SMILES string of the molecule is Clc1ccc(-c2c3c(cc4cccnc24)C2=CCCC23)cc1. The maximum Gasteiger partial charge on any atom is 0.0783 e. The summed E-state index contributed by atoms with van der Waals surface area (Å²) in [6.45, 7) is 0. The minimum Gasteiger partial charge on any atom is -0.256 e. The van der Waals surface area contributed by atoms with Crippen molar-refractivity contribution in [1.29, 1.82) is 0 Å². The fourth-order valence-corrected chi connectivity index (χ4v) is 4.10. The standard InChI is InChI=1S/C20H14ClN/c21-14-8-6-12(7-9-14)18-19-16-5-1-4-15(16)17(19)11-13-3-2-10-22-20(13)18/h2-4,6-11,16H,1,5H2. The molecule has 2 heteroatoms. The number of aromatic nitrogens is 1. The predicted molar refractivity (Wildman–Crippen MR) is 92.1 cm³/mol.